The van der Waals surface area contributed by atoms with E-state index in [-0.39, 0.29) is 17.8 Å². The molecule has 0 bridgehead atoms. The molecule has 0 fully saturated rings. The van der Waals surface area contributed by atoms with Crippen molar-refractivity contribution < 1.29 is 24.9 Å². The van der Waals surface area contributed by atoms with Gasteiger partial charge in [0.25, 0.3) is 0 Å². The highest BCUT2D eigenvalue weighted by atomic mass is 16.5. The molecule has 0 radical (unpaired) electrons. The summed E-state index contributed by atoms with van der Waals surface area (Å²) < 4.78 is 5.95. The quantitative estimate of drug-likeness (QED) is 0.487. The summed E-state index contributed by atoms with van der Waals surface area (Å²) in [6.07, 6.45) is -0.765. The van der Waals surface area contributed by atoms with Crippen LogP contribution in [0.5, 0.6) is 0 Å². The molecule has 5 N–H and O–H groups in total. The Labute approximate surface area is 148 Å². The molecule has 1 aromatic rings. The van der Waals surface area contributed by atoms with Gasteiger partial charge in [-0.3, -0.25) is 9.36 Å². The Morgan fingerprint density at radius 3 is 2.81 bits per heavy atom. The molecule has 2 atom stereocenters. The van der Waals surface area contributed by atoms with Gasteiger partial charge in [0.05, 0.1) is 18.1 Å². The minimum Gasteiger partial charge on any atom is -0.509 e. The number of nitriles is 1. The number of carbonyl (C=O) groups excluding carboxylic acids is 1. The molecule has 0 spiro atoms. The maximum Gasteiger partial charge on any atom is 0.350 e. The van der Waals surface area contributed by atoms with E-state index in [1.165, 1.54) is 26.1 Å². The van der Waals surface area contributed by atoms with Crippen LogP contribution in [0.4, 0.5) is 5.82 Å². The number of hydrogen-bond acceptors (Lipinski definition) is 9. The molecule has 140 valence electrons. The number of aliphatic hydroxyl groups excluding tert-OH is 3. The number of nitrogens with zero attached hydrogens (tertiary/aromatic N) is 3. The van der Waals surface area contributed by atoms with Crippen molar-refractivity contribution in [3.8, 4) is 6.07 Å². The number of esters is 1. The molecule has 10 heteroatoms. The summed E-state index contributed by atoms with van der Waals surface area (Å²) in [5, 5.41) is 39.3. The number of carbonyl (C=O) groups is 1. The predicted octanol–water partition coefficient (Wildman–Crippen LogP) is -0.817. The van der Waals surface area contributed by atoms with E-state index in [0.29, 0.717) is 0 Å². The lowest BCUT2D eigenvalue weighted by atomic mass is 9.94. The van der Waals surface area contributed by atoms with Crippen molar-refractivity contribution in [1.82, 2.24) is 9.55 Å². The maximum atomic E-state index is 12.1. The summed E-state index contributed by atoms with van der Waals surface area (Å²) in [4.78, 5) is 27.5. The number of rotatable bonds is 5. The molecule has 1 heterocycles. The Kier molecular flexibility index (Phi) is 5.06. The molecule has 1 unspecified atom stereocenters. The van der Waals surface area contributed by atoms with Gasteiger partial charge in [-0.2, -0.15) is 10.2 Å². The standard InChI is InChI=1S/C16H20N4O6/c1-15(2,8-21)13(24)26-6-9-5-16(7-17,12(23)11(9)22)20-4-3-10(18)19-14(20)25/h3-4,12,21-23H,5-6,8H2,1-2H3,(H2,18,19,25)/t12?,16-/m0/s1. The van der Waals surface area contributed by atoms with Crippen LogP contribution in [-0.4, -0.2) is 50.2 Å². The minimum atomic E-state index is -1.84. The lowest BCUT2D eigenvalue weighted by molar-refractivity contribution is -0.155. The van der Waals surface area contributed by atoms with Crippen LogP contribution in [0.3, 0.4) is 0 Å². The molecular formula is C16H20N4O6. The molecule has 1 aromatic heterocycles. The second kappa shape index (κ2) is 6.78. The van der Waals surface area contributed by atoms with Gasteiger partial charge in [-0.1, -0.05) is 0 Å². The first-order chi connectivity index (χ1) is 12.1. The molecule has 1 aliphatic rings. The zero-order chi connectivity index (χ0) is 19.7. The Bertz CT molecular complexity index is 853. The van der Waals surface area contributed by atoms with Crippen LogP contribution in [0.25, 0.3) is 0 Å². The molecule has 0 aromatic carbocycles. The van der Waals surface area contributed by atoms with Crippen molar-refractivity contribution in [1.29, 1.82) is 5.26 Å². The van der Waals surface area contributed by atoms with Gasteiger partial charge in [-0.05, 0) is 19.9 Å². The van der Waals surface area contributed by atoms with Gasteiger partial charge in [0.15, 0.2) is 5.54 Å². The first-order valence-electron chi connectivity index (χ1n) is 7.73. The van der Waals surface area contributed by atoms with E-state index in [1.807, 2.05) is 6.07 Å². The van der Waals surface area contributed by atoms with E-state index in [1.54, 1.807) is 0 Å². The van der Waals surface area contributed by atoms with Crippen molar-refractivity contribution >= 4 is 11.8 Å². The average molecular weight is 364 g/mol. The number of ether oxygens (including phenoxy) is 1. The second-order valence-electron chi connectivity index (χ2n) is 6.73. The summed E-state index contributed by atoms with van der Waals surface area (Å²) in [6.45, 7) is 2.12. The van der Waals surface area contributed by atoms with Crippen molar-refractivity contribution in [3.05, 3.63) is 34.1 Å². The monoisotopic (exact) mass is 364 g/mol. The fraction of sp³-hybridized carbons (Fsp3) is 0.500. The van der Waals surface area contributed by atoms with Crippen LogP contribution in [-0.2, 0) is 15.1 Å². The smallest absolute Gasteiger partial charge is 0.350 e. The first kappa shape index (κ1) is 19.4. The molecular weight excluding hydrogens is 344 g/mol. The van der Waals surface area contributed by atoms with Crippen LogP contribution >= 0.6 is 0 Å². The Morgan fingerprint density at radius 1 is 1.62 bits per heavy atom. The lowest BCUT2D eigenvalue weighted by Gasteiger charge is -2.27. The molecule has 0 aliphatic heterocycles. The first-order valence-corrected chi connectivity index (χ1v) is 7.73. The molecule has 1 aliphatic carbocycles. The highest BCUT2D eigenvalue weighted by Crippen LogP contribution is 2.39. The summed E-state index contributed by atoms with van der Waals surface area (Å²) in [7, 11) is 0. The largest absolute Gasteiger partial charge is 0.509 e. The van der Waals surface area contributed by atoms with E-state index in [0.717, 1.165) is 4.57 Å². The lowest BCUT2D eigenvalue weighted by Crippen LogP contribution is -2.47. The van der Waals surface area contributed by atoms with Crippen LogP contribution in [0.1, 0.15) is 20.3 Å². The third kappa shape index (κ3) is 3.14. The molecule has 0 saturated carbocycles. The van der Waals surface area contributed by atoms with Crippen LogP contribution in [0.15, 0.2) is 28.4 Å². The summed E-state index contributed by atoms with van der Waals surface area (Å²) in [5.41, 5.74) is 1.67. The van der Waals surface area contributed by atoms with Crippen LogP contribution in [0, 0.1) is 16.7 Å². The minimum absolute atomic E-state index is 0.0515. The fourth-order valence-corrected chi connectivity index (χ4v) is 2.56. The molecule has 0 amide bonds. The highest BCUT2D eigenvalue weighted by Gasteiger charge is 2.50. The highest BCUT2D eigenvalue weighted by molar-refractivity contribution is 5.76. The number of aliphatic hydroxyl groups is 3. The topological polar surface area (TPSA) is 172 Å². The average Bonchev–Trinajstić information content (AvgIpc) is 2.85. The Hall–Kier alpha value is -2.90. The normalized spacial score (nSPS) is 23.0. The molecule has 2 rings (SSSR count). The summed E-state index contributed by atoms with van der Waals surface area (Å²) in [6, 6.07) is 3.13. The van der Waals surface area contributed by atoms with Gasteiger partial charge in [0, 0.05) is 18.2 Å². The maximum absolute atomic E-state index is 12.1. The van der Waals surface area contributed by atoms with Crippen molar-refractivity contribution in [2.75, 3.05) is 18.9 Å². The van der Waals surface area contributed by atoms with Crippen molar-refractivity contribution in [2.24, 2.45) is 5.41 Å². The van der Waals surface area contributed by atoms with E-state index >= 15 is 0 Å². The molecule has 26 heavy (non-hydrogen) atoms. The number of anilines is 1. The van der Waals surface area contributed by atoms with Gasteiger partial charge >= 0.3 is 11.7 Å². The van der Waals surface area contributed by atoms with E-state index < -0.39 is 47.7 Å². The van der Waals surface area contributed by atoms with E-state index in [2.05, 4.69) is 4.98 Å². The summed E-state index contributed by atoms with van der Waals surface area (Å²) >= 11 is 0. The van der Waals surface area contributed by atoms with Gasteiger partial charge in [0.2, 0.25) is 0 Å². The number of hydrogen-bond donors (Lipinski definition) is 4. The van der Waals surface area contributed by atoms with Gasteiger partial charge in [0.1, 0.15) is 24.3 Å². The predicted molar refractivity (Wildman–Crippen MR) is 88.6 cm³/mol. The van der Waals surface area contributed by atoms with Gasteiger partial charge in [-0.15, -0.1) is 0 Å². The summed E-state index contributed by atoms with van der Waals surface area (Å²) in [5.74, 6) is -1.31. The van der Waals surface area contributed by atoms with Gasteiger partial charge < -0.3 is 25.8 Å². The third-order valence-corrected chi connectivity index (χ3v) is 4.33. The van der Waals surface area contributed by atoms with Crippen molar-refractivity contribution in [2.45, 2.75) is 31.9 Å². The SMILES string of the molecule is CC(C)(CO)C(=O)OCC1=C(O)C(O)[C@](C#N)(n2ccc(N)nc2=O)C1. The third-order valence-electron chi connectivity index (χ3n) is 4.33. The Morgan fingerprint density at radius 2 is 2.27 bits per heavy atom. The fourth-order valence-electron chi connectivity index (χ4n) is 2.56. The molecule has 10 nitrogen and oxygen atoms in total. The zero-order valence-electron chi connectivity index (χ0n) is 14.3. The van der Waals surface area contributed by atoms with E-state index in [9.17, 15) is 30.2 Å². The number of nitrogens with two attached hydrogens (primary N) is 1. The molecule has 0 saturated heterocycles. The Balaban J connectivity index is 2.30. The van der Waals surface area contributed by atoms with Crippen LogP contribution in [0.2, 0.25) is 0 Å². The van der Waals surface area contributed by atoms with Crippen molar-refractivity contribution in [3.63, 3.8) is 0 Å². The van der Waals surface area contributed by atoms with E-state index in [4.69, 9.17) is 10.5 Å². The van der Waals surface area contributed by atoms with Gasteiger partial charge in [-0.25, -0.2) is 4.79 Å². The second-order valence-corrected chi connectivity index (χ2v) is 6.73. The van der Waals surface area contributed by atoms with Crippen LogP contribution < -0.4 is 11.4 Å². The number of aromatic nitrogens is 2. The zero-order valence-corrected chi connectivity index (χ0v) is 14.3. The number of nitrogen functional groups attached to an aromatic ring is 1.